The maximum absolute atomic E-state index is 12.9. The number of rotatable bonds is 4. The highest BCUT2D eigenvalue weighted by Gasteiger charge is 2.22. The summed E-state index contributed by atoms with van der Waals surface area (Å²) in [6, 6.07) is 2.15. The van der Waals surface area contributed by atoms with Gasteiger partial charge in [0.15, 0.2) is 5.65 Å². The highest BCUT2D eigenvalue weighted by atomic mass is 16.5. The zero-order valence-electron chi connectivity index (χ0n) is 16.3. The minimum Gasteiger partial charge on any atom is -0.379 e. The van der Waals surface area contributed by atoms with Gasteiger partial charge in [-0.25, -0.2) is 9.97 Å². The smallest absolute Gasteiger partial charge is 0.253 e. The Morgan fingerprint density at radius 3 is 2.85 bits per heavy atom. The number of hydrogen-bond acceptors (Lipinski definition) is 5. The molecule has 0 aromatic carbocycles. The van der Waals surface area contributed by atoms with Crippen molar-refractivity contribution in [1.82, 2.24) is 24.8 Å². The van der Waals surface area contributed by atoms with Crippen LogP contribution < -0.4 is 5.32 Å². The molecule has 2 aliphatic heterocycles. The first-order valence-electron chi connectivity index (χ1n) is 10.1. The molecule has 4 rings (SSSR count). The number of hydrogen-bond donors (Lipinski definition) is 1. The van der Waals surface area contributed by atoms with Crippen LogP contribution in [0, 0.1) is 6.92 Å². The van der Waals surface area contributed by atoms with Crippen LogP contribution in [-0.2, 0) is 17.7 Å². The summed E-state index contributed by atoms with van der Waals surface area (Å²) in [5.41, 5.74) is 3.11. The molecule has 1 fully saturated rings. The SMILES string of the molecule is Cc1cc(C(=O)NCC(C)N2CCOCC2)c2nc3n(c2n1)CCCCC3. The van der Waals surface area contributed by atoms with Crippen LogP contribution in [0.1, 0.15) is 48.1 Å². The van der Waals surface area contributed by atoms with Crippen molar-refractivity contribution in [2.75, 3.05) is 32.8 Å². The molecule has 0 saturated carbocycles. The lowest BCUT2D eigenvalue weighted by Crippen LogP contribution is -2.47. The van der Waals surface area contributed by atoms with Crippen molar-refractivity contribution in [3.05, 3.63) is 23.1 Å². The third-order valence-electron chi connectivity index (χ3n) is 5.66. The summed E-state index contributed by atoms with van der Waals surface area (Å²) in [5.74, 6) is 1.01. The Hall–Kier alpha value is -1.99. The van der Waals surface area contributed by atoms with E-state index in [-0.39, 0.29) is 11.9 Å². The lowest BCUT2D eigenvalue weighted by Gasteiger charge is -2.32. The van der Waals surface area contributed by atoms with Gasteiger partial charge in [-0.3, -0.25) is 9.69 Å². The molecule has 1 atom stereocenters. The standard InChI is InChI=1S/C20H29N5O2/c1-14-12-16(20(26)21-13-15(2)24-8-10-27-11-9-24)18-19(22-14)25-7-5-3-4-6-17(25)23-18/h12,15H,3-11,13H2,1-2H3,(H,21,26). The number of pyridine rings is 1. The molecule has 2 aromatic heterocycles. The Kier molecular flexibility index (Phi) is 5.41. The fourth-order valence-electron chi connectivity index (χ4n) is 4.07. The van der Waals surface area contributed by atoms with E-state index in [4.69, 9.17) is 14.7 Å². The zero-order chi connectivity index (χ0) is 18.8. The number of carbonyl (C=O) groups is 1. The summed E-state index contributed by atoms with van der Waals surface area (Å²) in [6.07, 6.45) is 4.49. The molecule has 1 amide bonds. The lowest BCUT2D eigenvalue weighted by atomic mass is 10.1. The molecule has 4 heterocycles. The zero-order valence-corrected chi connectivity index (χ0v) is 16.3. The van der Waals surface area contributed by atoms with E-state index in [1.54, 1.807) is 0 Å². The maximum atomic E-state index is 12.9. The van der Waals surface area contributed by atoms with Gasteiger partial charge in [-0.15, -0.1) is 0 Å². The highest BCUT2D eigenvalue weighted by molar-refractivity contribution is 6.04. The van der Waals surface area contributed by atoms with E-state index in [0.717, 1.165) is 74.8 Å². The highest BCUT2D eigenvalue weighted by Crippen LogP contribution is 2.24. The molecular formula is C20H29N5O2. The van der Waals surface area contributed by atoms with E-state index in [0.29, 0.717) is 12.1 Å². The largest absolute Gasteiger partial charge is 0.379 e. The third kappa shape index (κ3) is 3.84. The molecule has 27 heavy (non-hydrogen) atoms. The fourth-order valence-corrected chi connectivity index (χ4v) is 4.07. The predicted octanol–water partition coefficient (Wildman–Crippen LogP) is 1.92. The van der Waals surface area contributed by atoms with Gasteiger partial charge in [0.2, 0.25) is 0 Å². The molecular weight excluding hydrogens is 342 g/mol. The number of aryl methyl sites for hydroxylation is 3. The minimum atomic E-state index is -0.0566. The Morgan fingerprint density at radius 1 is 1.22 bits per heavy atom. The molecule has 2 aliphatic rings. The molecule has 7 heteroatoms. The van der Waals surface area contributed by atoms with Gasteiger partial charge in [-0.05, 0) is 32.8 Å². The van der Waals surface area contributed by atoms with E-state index >= 15 is 0 Å². The summed E-state index contributed by atoms with van der Waals surface area (Å²) < 4.78 is 7.62. The Labute approximate surface area is 160 Å². The van der Waals surface area contributed by atoms with Crippen LogP contribution in [-0.4, -0.2) is 64.2 Å². The first-order valence-corrected chi connectivity index (χ1v) is 10.1. The van der Waals surface area contributed by atoms with Gasteiger partial charge in [0.25, 0.3) is 5.91 Å². The van der Waals surface area contributed by atoms with Gasteiger partial charge >= 0.3 is 0 Å². The van der Waals surface area contributed by atoms with E-state index in [9.17, 15) is 4.79 Å². The van der Waals surface area contributed by atoms with Crippen molar-refractivity contribution in [2.24, 2.45) is 0 Å². The number of fused-ring (bicyclic) bond motifs is 3. The van der Waals surface area contributed by atoms with Crippen molar-refractivity contribution < 1.29 is 9.53 Å². The van der Waals surface area contributed by atoms with E-state index < -0.39 is 0 Å². The van der Waals surface area contributed by atoms with Crippen LogP contribution in [0.25, 0.3) is 11.2 Å². The molecule has 2 aromatic rings. The van der Waals surface area contributed by atoms with Crippen LogP contribution in [0.15, 0.2) is 6.07 Å². The summed E-state index contributed by atoms with van der Waals surface area (Å²) in [5, 5.41) is 3.11. The Bertz CT molecular complexity index is 825. The summed E-state index contributed by atoms with van der Waals surface area (Å²) >= 11 is 0. The second-order valence-electron chi connectivity index (χ2n) is 7.68. The van der Waals surface area contributed by atoms with Crippen LogP contribution in [0.3, 0.4) is 0 Å². The second-order valence-corrected chi connectivity index (χ2v) is 7.68. The summed E-state index contributed by atoms with van der Waals surface area (Å²) in [7, 11) is 0. The minimum absolute atomic E-state index is 0.0566. The average molecular weight is 371 g/mol. The number of ether oxygens (including phenoxy) is 1. The van der Waals surface area contributed by atoms with Gasteiger partial charge in [0.1, 0.15) is 11.3 Å². The normalized spacial score (nSPS) is 19.5. The summed E-state index contributed by atoms with van der Waals surface area (Å²) in [6.45, 7) is 9.03. The van der Waals surface area contributed by atoms with E-state index in [2.05, 4.69) is 21.7 Å². The van der Waals surface area contributed by atoms with Gasteiger partial charge < -0.3 is 14.6 Å². The van der Waals surface area contributed by atoms with Gasteiger partial charge in [0.05, 0.1) is 18.8 Å². The molecule has 1 saturated heterocycles. The van der Waals surface area contributed by atoms with Crippen LogP contribution in [0.5, 0.6) is 0 Å². The lowest BCUT2D eigenvalue weighted by molar-refractivity contribution is 0.0204. The molecule has 0 aliphatic carbocycles. The average Bonchev–Trinajstić information content (AvgIpc) is 2.87. The number of aromatic nitrogens is 3. The van der Waals surface area contributed by atoms with Gasteiger partial charge in [0, 0.05) is 44.3 Å². The predicted molar refractivity (Wildman–Crippen MR) is 104 cm³/mol. The quantitative estimate of drug-likeness (QED) is 0.889. The van der Waals surface area contributed by atoms with Crippen molar-refractivity contribution in [3.63, 3.8) is 0 Å². The maximum Gasteiger partial charge on any atom is 0.253 e. The molecule has 1 N–H and O–H groups in total. The molecule has 0 bridgehead atoms. The van der Waals surface area contributed by atoms with Crippen molar-refractivity contribution in [3.8, 4) is 0 Å². The van der Waals surface area contributed by atoms with Crippen LogP contribution >= 0.6 is 0 Å². The molecule has 1 unspecified atom stereocenters. The number of amides is 1. The van der Waals surface area contributed by atoms with Crippen LogP contribution in [0.2, 0.25) is 0 Å². The number of imidazole rings is 1. The number of morpholine rings is 1. The van der Waals surface area contributed by atoms with Gasteiger partial charge in [-0.2, -0.15) is 0 Å². The monoisotopic (exact) mass is 371 g/mol. The number of carbonyl (C=O) groups excluding carboxylic acids is 1. The van der Waals surface area contributed by atoms with E-state index in [1.807, 2.05) is 13.0 Å². The first-order chi connectivity index (χ1) is 13.1. The second kappa shape index (κ2) is 7.94. The van der Waals surface area contributed by atoms with Crippen molar-refractivity contribution in [1.29, 1.82) is 0 Å². The third-order valence-corrected chi connectivity index (χ3v) is 5.66. The van der Waals surface area contributed by atoms with Crippen LogP contribution in [0.4, 0.5) is 0 Å². The summed E-state index contributed by atoms with van der Waals surface area (Å²) in [4.78, 5) is 24.8. The number of nitrogens with one attached hydrogen (secondary N) is 1. The number of nitrogens with zero attached hydrogens (tertiary/aromatic N) is 4. The molecule has 146 valence electrons. The van der Waals surface area contributed by atoms with E-state index in [1.165, 1.54) is 6.42 Å². The fraction of sp³-hybridized carbons (Fsp3) is 0.650. The van der Waals surface area contributed by atoms with Crippen molar-refractivity contribution in [2.45, 2.75) is 52.1 Å². The topological polar surface area (TPSA) is 72.3 Å². The Balaban J connectivity index is 1.54. The molecule has 7 nitrogen and oxygen atoms in total. The van der Waals surface area contributed by atoms with Crippen molar-refractivity contribution >= 4 is 17.1 Å². The van der Waals surface area contributed by atoms with Gasteiger partial charge in [-0.1, -0.05) is 6.42 Å². The Morgan fingerprint density at radius 2 is 2.04 bits per heavy atom. The molecule has 0 spiro atoms. The molecule has 0 radical (unpaired) electrons. The first kappa shape index (κ1) is 18.4.